The Labute approximate surface area is 160 Å². The smallest absolute Gasteiger partial charge is 0.148 e. The molecule has 26 heavy (non-hydrogen) atoms. The van der Waals surface area contributed by atoms with Gasteiger partial charge in [0, 0.05) is 27.3 Å². The van der Waals surface area contributed by atoms with Gasteiger partial charge >= 0.3 is 0 Å². The van der Waals surface area contributed by atoms with Gasteiger partial charge in [-0.15, -0.1) is 0 Å². The second-order valence-electron chi connectivity index (χ2n) is 5.85. The van der Waals surface area contributed by atoms with Crippen LogP contribution in [0.3, 0.4) is 0 Å². The average molecular weight is 383 g/mol. The minimum atomic E-state index is -0.406. The molecular formula is C21H13Cl2FN2. The standard InChI is InChI=1S/C21H13Cl2FN2/c22-15-4-1-13(2-5-15)14-3-7-19-17(11-14)20(9-10-25-19)26-21-8-6-16(23)12-18(21)24/h1-12H,(H,25,26). The summed E-state index contributed by atoms with van der Waals surface area (Å²) in [6.07, 6.45) is 1.69. The van der Waals surface area contributed by atoms with Crippen LogP contribution in [0.25, 0.3) is 22.0 Å². The number of rotatable bonds is 3. The molecule has 1 heterocycles. The third-order valence-corrected chi connectivity index (χ3v) is 4.61. The summed E-state index contributed by atoms with van der Waals surface area (Å²) in [4.78, 5) is 4.39. The Morgan fingerprint density at radius 2 is 1.46 bits per heavy atom. The maximum Gasteiger partial charge on any atom is 0.148 e. The molecule has 128 valence electrons. The van der Waals surface area contributed by atoms with E-state index in [9.17, 15) is 4.39 Å². The first-order valence-electron chi connectivity index (χ1n) is 7.97. The number of pyridine rings is 1. The molecule has 0 aliphatic carbocycles. The van der Waals surface area contributed by atoms with Gasteiger partial charge in [0.05, 0.1) is 11.2 Å². The van der Waals surface area contributed by atoms with Crippen LogP contribution < -0.4 is 5.32 Å². The molecule has 0 radical (unpaired) electrons. The van der Waals surface area contributed by atoms with Gasteiger partial charge in [0.2, 0.25) is 0 Å². The molecule has 0 unspecified atom stereocenters. The Morgan fingerprint density at radius 3 is 2.23 bits per heavy atom. The molecule has 0 saturated heterocycles. The molecule has 4 aromatic rings. The Kier molecular flexibility index (Phi) is 4.49. The van der Waals surface area contributed by atoms with Gasteiger partial charge in [-0.25, -0.2) is 4.39 Å². The second-order valence-corrected chi connectivity index (χ2v) is 6.72. The fraction of sp³-hybridized carbons (Fsp3) is 0. The van der Waals surface area contributed by atoms with E-state index in [0.29, 0.717) is 15.7 Å². The van der Waals surface area contributed by atoms with Crippen molar-refractivity contribution in [2.24, 2.45) is 0 Å². The van der Waals surface area contributed by atoms with E-state index in [1.807, 2.05) is 48.5 Å². The van der Waals surface area contributed by atoms with Gasteiger partial charge < -0.3 is 5.32 Å². The van der Waals surface area contributed by atoms with E-state index in [1.165, 1.54) is 6.07 Å². The molecule has 2 nitrogen and oxygen atoms in total. The predicted molar refractivity (Wildman–Crippen MR) is 107 cm³/mol. The molecule has 1 N–H and O–H groups in total. The molecular weight excluding hydrogens is 370 g/mol. The van der Waals surface area contributed by atoms with Gasteiger partial charge in [0.15, 0.2) is 0 Å². The lowest BCUT2D eigenvalue weighted by atomic mass is 10.0. The second kappa shape index (κ2) is 6.94. The number of nitrogens with one attached hydrogen (secondary N) is 1. The van der Waals surface area contributed by atoms with E-state index in [-0.39, 0.29) is 0 Å². The van der Waals surface area contributed by atoms with E-state index >= 15 is 0 Å². The van der Waals surface area contributed by atoms with Crippen LogP contribution in [-0.2, 0) is 0 Å². The van der Waals surface area contributed by atoms with Crippen molar-refractivity contribution in [3.63, 3.8) is 0 Å². The van der Waals surface area contributed by atoms with Crippen molar-refractivity contribution in [2.45, 2.75) is 0 Å². The Hall–Kier alpha value is -2.62. The van der Waals surface area contributed by atoms with Crippen molar-refractivity contribution >= 4 is 45.5 Å². The average Bonchev–Trinajstić information content (AvgIpc) is 2.64. The molecule has 0 fully saturated rings. The first-order chi connectivity index (χ1) is 12.6. The Balaban J connectivity index is 1.79. The quantitative estimate of drug-likeness (QED) is 0.408. The third kappa shape index (κ3) is 3.36. The number of aromatic nitrogens is 1. The molecule has 3 aromatic carbocycles. The highest BCUT2D eigenvalue weighted by Gasteiger charge is 2.08. The zero-order chi connectivity index (χ0) is 18.1. The monoisotopic (exact) mass is 382 g/mol. The summed E-state index contributed by atoms with van der Waals surface area (Å²) in [5, 5.41) is 5.08. The minimum Gasteiger partial charge on any atom is -0.353 e. The van der Waals surface area contributed by atoms with Crippen molar-refractivity contribution in [3.8, 4) is 11.1 Å². The molecule has 5 heteroatoms. The fourth-order valence-electron chi connectivity index (χ4n) is 2.81. The molecule has 4 rings (SSSR count). The number of halogens is 3. The van der Waals surface area contributed by atoms with Gasteiger partial charge in [-0.05, 0) is 59.7 Å². The van der Waals surface area contributed by atoms with E-state index in [1.54, 1.807) is 18.3 Å². The largest absolute Gasteiger partial charge is 0.353 e. The van der Waals surface area contributed by atoms with Gasteiger partial charge in [-0.1, -0.05) is 41.4 Å². The number of hydrogen-bond donors (Lipinski definition) is 1. The van der Waals surface area contributed by atoms with Crippen LogP contribution in [0.2, 0.25) is 10.0 Å². The maximum absolute atomic E-state index is 14.1. The van der Waals surface area contributed by atoms with Crippen molar-refractivity contribution in [1.82, 2.24) is 4.98 Å². The fourth-order valence-corrected chi connectivity index (χ4v) is 3.10. The summed E-state index contributed by atoms with van der Waals surface area (Å²) in [5.74, 6) is -0.406. The Bertz CT molecular complexity index is 1090. The number of nitrogens with zero attached hydrogens (tertiary/aromatic N) is 1. The normalized spacial score (nSPS) is 10.9. The number of anilines is 2. The van der Waals surface area contributed by atoms with Crippen LogP contribution >= 0.6 is 23.2 Å². The van der Waals surface area contributed by atoms with Crippen molar-refractivity contribution in [1.29, 1.82) is 0 Å². The van der Waals surface area contributed by atoms with Crippen LogP contribution in [0.15, 0.2) is 72.9 Å². The van der Waals surface area contributed by atoms with E-state index in [2.05, 4.69) is 10.3 Å². The molecule has 0 saturated carbocycles. The molecule has 0 aliphatic heterocycles. The molecule has 0 aliphatic rings. The highest BCUT2D eigenvalue weighted by Crippen LogP contribution is 2.31. The van der Waals surface area contributed by atoms with Gasteiger partial charge in [0.1, 0.15) is 5.82 Å². The zero-order valence-electron chi connectivity index (χ0n) is 13.5. The third-order valence-electron chi connectivity index (χ3n) is 4.12. The SMILES string of the molecule is Fc1cc(Cl)ccc1Nc1ccnc2ccc(-c3ccc(Cl)cc3)cc12. The summed E-state index contributed by atoms with van der Waals surface area (Å²) in [7, 11) is 0. The van der Waals surface area contributed by atoms with Crippen molar-refractivity contribution in [2.75, 3.05) is 5.32 Å². The first kappa shape index (κ1) is 16.8. The first-order valence-corrected chi connectivity index (χ1v) is 8.72. The summed E-state index contributed by atoms with van der Waals surface area (Å²) < 4.78 is 14.1. The molecule has 1 aromatic heterocycles. The molecule has 0 bridgehead atoms. The van der Waals surface area contributed by atoms with Crippen LogP contribution in [0.5, 0.6) is 0 Å². The highest BCUT2D eigenvalue weighted by molar-refractivity contribution is 6.31. The maximum atomic E-state index is 14.1. The van der Waals surface area contributed by atoms with Crippen LogP contribution in [0.1, 0.15) is 0 Å². The Morgan fingerprint density at radius 1 is 0.731 bits per heavy atom. The number of fused-ring (bicyclic) bond motifs is 1. The molecule has 0 atom stereocenters. The van der Waals surface area contributed by atoms with E-state index in [4.69, 9.17) is 23.2 Å². The topological polar surface area (TPSA) is 24.9 Å². The minimum absolute atomic E-state index is 0.359. The lowest BCUT2D eigenvalue weighted by Gasteiger charge is -2.12. The van der Waals surface area contributed by atoms with E-state index < -0.39 is 5.82 Å². The summed E-state index contributed by atoms with van der Waals surface area (Å²) in [5.41, 5.74) is 4.03. The van der Waals surface area contributed by atoms with Crippen LogP contribution in [-0.4, -0.2) is 4.98 Å². The van der Waals surface area contributed by atoms with Crippen LogP contribution in [0, 0.1) is 5.82 Å². The number of benzene rings is 3. The van der Waals surface area contributed by atoms with Gasteiger partial charge in [0.25, 0.3) is 0 Å². The van der Waals surface area contributed by atoms with Crippen molar-refractivity contribution < 1.29 is 4.39 Å². The summed E-state index contributed by atoms with van der Waals surface area (Å²) >= 11 is 11.8. The number of hydrogen-bond acceptors (Lipinski definition) is 2. The molecule has 0 spiro atoms. The zero-order valence-corrected chi connectivity index (χ0v) is 15.0. The van der Waals surface area contributed by atoms with E-state index in [0.717, 1.165) is 27.7 Å². The van der Waals surface area contributed by atoms with Crippen molar-refractivity contribution in [3.05, 3.63) is 88.8 Å². The lowest BCUT2D eigenvalue weighted by molar-refractivity contribution is 0.632. The highest BCUT2D eigenvalue weighted by atomic mass is 35.5. The van der Waals surface area contributed by atoms with Gasteiger partial charge in [-0.3, -0.25) is 4.98 Å². The van der Waals surface area contributed by atoms with Crippen LogP contribution in [0.4, 0.5) is 15.8 Å². The summed E-state index contributed by atoms with van der Waals surface area (Å²) in [6.45, 7) is 0. The lowest BCUT2D eigenvalue weighted by Crippen LogP contribution is -1.95. The predicted octanol–water partition coefficient (Wildman–Crippen LogP) is 7.09. The van der Waals surface area contributed by atoms with Gasteiger partial charge in [-0.2, -0.15) is 0 Å². The molecule has 0 amide bonds. The summed E-state index contributed by atoms with van der Waals surface area (Å²) in [6, 6.07) is 20.0.